The molecule has 0 atom stereocenters. The minimum Gasteiger partial charge on any atom is -0.493 e. The molecule has 12 heteroatoms. The van der Waals surface area contributed by atoms with Gasteiger partial charge in [-0.05, 0) is 64.3 Å². The molecule has 1 aliphatic heterocycles. The third-order valence-electron chi connectivity index (χ3n) is 5.32. The van der Waals surface area contributed by atoms with Gasteiger partial charge in [-0.25, -0.2) is 9.79 Å². The van der Waals surface area contributed by atoms with E-state index in [1.165, 1.54) is 43.5 Å². The molecule has 0 amide bonds. The smallest absolute Gasteiger partial charge is 0.363 e. The molecule has 0 unspecified atom stereocenters. The number of benzene rings is 3. The van der Waals surface area contributed by atoms with Gasteiger partial charge in [0, 0.05) is 29.3 Å². The number of nitro benzene ring substituents is 2. The number of halogens is 1. The number of aryl methyl sites for hydroxylation is 1. The molecule has 188 valence electrons. The third kappa shape index (κ3) is 5.64. The summed E-state index contributed by atoms with van der Waals surface area (Å²) in [6, 6.07) is 13.8. The van der Waals surface area contributed by atoms with Gasteiger partial charge in [0.2, 0.25) is 5.90 Å². The second-order valence-corrected chi connectivity index (χ2v) is 8.70. The number of carbonyl (C=O) groups excluding carboxylic acids is 1. The van der Waals surface area contributed by atoms with Gasteiger partial charge in [-0.2, -0.15) is 0 Å². The van der Waals surface area contributed by atoms with Crippen LogP contribution in [0.1, 0.15) is 22.3 Å². The number of ether oxygens (including phenoxy) is 3. The van der Waals surface area contributed by atoms with E-state index in [1.54, 1.807) is 31.2 Å². The Kier molecular flexibility index (Phi) is 7.30. The Morgan fingerprint density at radius 1 is 1.08 bits per heavy atom. The number of cyclic esters (lactones) is 1. The van der Waals surface area contributed by atoms with Gasteiger partial charge in [0.15, 0.2) is 17.2 Å². The monoisotopic (exact) mass is 567 g/mol. The Bertz CT molecular complexity index is 1500. The molecule has 3 aromatic carbocycles. The molecule has 1 heterocycles. The lowest BCUT2D eigenvalue weighted by molar-refractivity contribution is -0.385. The van der Waals surface area contributed by atoms with E-state index in [-0.39, 0.29) is 29.6 Å². The van der Waals surface area contributed by atoms with Crippen LogP contribution in [0, 0.1) is 27.2 Å². The fraction of sp³-hybridized carbons (Fsp3) is 0.120. The van der Waals surface area contributed by atoms with E-state index in [0.717, 1.165) is 0 Å². The maximum Gasteiger partial charge on any atom is 0.363 e. The highest BCUT2D eigenvalue weighted by molar-refractivity contribution is 9.10. The number of non-ortho nitro benzene ring substituents is 1. The van der Waals surface area contributed by atoms with Crippen molar-refractivity contribution in [2.24, 2.45) is 4.99 Å². The Labute approximate surface area is 218 Å². The Morgan fingerprint density at radius 3 is 2.54 bits per heavy atom. The van der Waals surface area contributed by atoms with Crippen LogP contribution in [0.5, 0.6) is 11.5 Å². The van der Waals surface area contributed by atoms with Gasteiger partial charge in [-0.3, -0.25) is 20.2 Å². The number of aliphatic imine (C=N–C) groups is 1. The van der Waals surface area contributed by atoms with Crippen LogP contribution in [0.25, 0.3) is 6.08 Å². The molecule has 11 nitrogen and oxygen atoms in total. The topological polar surface area (TPSA) is 143 Å². The van der Waals surface area contributed by atoms with Gasteiger partial charge in [0.25, 0.3) is 11.4 Å². The zero-order valence-corrected chi connectivity index (χ0v) is 21.1. The maximum atomic E-state index is 12.4. The average molecular weight is 568 g/mol. The van der Waals surface area contributed by atoms with E-state index in [0.29, 0.717) is 38.2 Å². The number of methoxy groups -OCH3 is 1. The van der Waals surface area contributed by atoms with E-state index in [2.05, 4.69) is 20.9 Å². The van der Waals surface area contributed by atoms with Crippen LogP contribution < -0.4 is 9.47 Å². The summed E-state index contributed by atoms with van der Waals surface area (Å²) in [5.74, 6) is 0.0909. The molecule has 4 rings (SSSR count). The Balaban J connectivity index is 1.58. The van der Waals surface area contributed by atoms with Crippen LogP contribution >= 0.6 is 15.9 Å². The van der Waals surface area contributed by atoms with E-state index >= 15 is 0 Å². The zero-order chi connectivity index (χ0) is 26.7. The van der Waals surface area contributed by atoms with Crippen molar-refractivity contribution in [3.63, 3.8) is 0 Å². The zero-order valence-electron chi connectivity index (χ0n) is 19.5. The molecule has 3 aromatic rings. The number of esters is 1. The number of carbonyl (C=O) groups is 1. The molecule has 0 fully saturated rings. The summed E-state index contributed by atoms with van der Waals surface area (Å²) in [7, 11) is 1.45. The van der Waals surface area contributed by atoms with Crippen LogP contribution in [0.4, 0.5) is 11.4 Å². The summed E-state index contributed by atoms with van der Waals surface area (Å²) in [6.07, 6.45) is 1.51. The predicted molar refractivity (Wildman–Crippen MR) is 137 cm³/mol. The summed E-state index contributed by atoms with van der Waals surface area (Å²) in [4.78, 5) is 37.8. The van der Waals surface area contributed by atoms with Crippen molar-refractivity contribution in [3.05, 3.63) is 107 Å². The van der Waals surface area contributed by atoms with Crippen LogP contribution in [0.2, 0.25) is 0 Å². The lowest BCUT2D eigenvalue weighted by Crippen LogP contribution is -2.06. The molecule has 0 saturated carbocycles. The van der Waals surface area contributed by atoms with Crippen LogP contribution in [-0.4, -0.2) is 28.8 Å². The molecule has 0 saturated heterocycles. The summed E-state index contributed by atoms with van der Waals surface area (Å²) >= 11 is 3.44. The second kappa shape index (κ2) is 10.6. The first-order chi connectivity index (χ1) is 17.7. The molecular weight excluding hydrogens is 550 g/mol. The van der Waals surface area contributed by atoms with Crippen molar-refractivity contribution in [3.8, 4) is 11.5 Å². The molecule has 0 N–H and O–H groups in total. The summed E-state index contributed by atoms with van der Waals surface area (Å²) in [6.45, 7) is 1.65. The minimum atomic E-state index is -0.674. The molecule has 0 aromatic heterocycles. The number of nitrogens with zero attached hydrogens (tertiary/aromatic N) is 3. The summed E-state index contributed by atoms with van der Waals surface area (Å²) in [5, 5.41) is 22.1. The predicted octanol–water partition coefficient (Wildman–Crippen LogP) is 5.51. The first-order valence-electron chi connectivity index (χ1n) is 10.7. The Morgan fingerprint density at radius 2 is 1.86 bits per heavy atom. The first kappa shape index (κ1) is 25.5. The van der Waals surface area contributed by atoms with Gasteiger partial charge in [-0.15, -0.1) is 0 Å². The number of rotatable bonds is 8. The highest BCUT2D eigenvalue weighted by atomic mass is 79.9. The van der Waals surface area contributed by atoms with E-state index < -0.39 is 15.8 Å². The standard InChI is InChI=1S/C25H18BrN3O8/c1-14-8-17(6-7-21(14)29(33)34)24-27-20(25(30)37-24)11-16-10-19(26)23(22(12-16)35-2)36-13-15-4-3-5-18(9-15)28(31)32/h3-12H,13H2,1-2H3/b20-11-. The molecule has 0 radical (unpaired) electrons. The van der Waals surface area contributed by atoms with Gasteiger partial charge < -0.3 is 14.2 Å². The molecule has 0 aliphatic carbocycles. The summed E-state index contributed by atoms with van der Waals surface area (Å²) < 4.78 is 17.1. The Hall–Kier alpha value is -4.58. The fourth-order valence-electron chi connectivity index (χ4n) is 3.56. The number of hydrogen-bond donors (Lipinski definition) is 0. The largest absolute Gasteiger partial charge is 0.493 e. The number of nitro groups is 2. The third-order valence-corrected chi connectivity index (χ3v) is 5.91. The average Bonchev–Trinajstić information content (AvgIpc) is 3.22. The second-order valence-electron chi connectivity index (χ2n) is 7.84. The minimum absolute atomic E-state index is 0.0326. The SMILES string of the molecule is COc1cc(/C=C2\N=C(c3ccc([N+](=O)[O-])c(C)c3)OC2=O)cc(Br)c1OCc1cccc([N+](=O)[O-])c1. The normalized spacial score (nSPS) is 13.8. The van der Waals surface area contributed by atoms with Gasteiger partial charge >= 0.3 is 5.97 Å². The van der Waals surface area contributed by atoms with Gasteiger partial charge in [0.1, 0.15) is 6.61 Å². The van der Waals surface area contributed by atoms with E-state index in [4.69, 9.17) is 14.2 Å². The lowest BCUT2D eigenvalue weighted by Gasteiger charge is -2.13. The van der Waals surface area contributed by atoms with Crippen LogP contribution in [0.3, 0.4) is 0 Å². The van der Waals surface area contributed by atoms with Gasteiger partial charge in [-0.1, -0.05) is 12.1 Å². The molecule has 1 aliphatic rings. The van der Waals surface area contributed by atoms with Crippen molar-refractivity contribution in [1.82, 2.24) is 0 Å². The molecule has 0 spiro atoms. The van der Waals surface area contributed by atoms with Gasteiger partial charge in [0.05, 0.1) is 21.4 Å². The van der Waals surface area contributed by atoms with Crippen LogP contribution in [-0.2, 0) is 16.1 Å². The first-order valence-corrected chi connectivity index (χ1v) is 11.5. The van der Waals surface area contributed by atoms with Crippen molar-refractivity contribution >= 4 is 45.2 Å². The van der Waals surface area contributed by atoms with Crippen molar-refractivity contribution < 1.29 is 28.9 Å². The number of hydrogen-bond acceptors (Lipinski definition) is 9. The van der Waals surface area contributed by atoms with E-state index in [9.17, 15) is 25.0 Å². The molecular formula is C25H18BrN3O8. The quantitative estimate of drug-likeness (QED) is 0.150. The molecule has 37 heavy (non-hydrogen) atoms. The van der Waals surface area contributed by atoms with Crippen molar-refractivity contribution in [2.45, 2.75) is 13.5 Å². The molecule has 0 bridgehead atoms. The van der Waals surface area contributed by atoms with Crippen LogP contribution in [0.15, 0.2) is 69.8 Å². The lowest BCUT2D eigenvalue weighted by atomic mass is 10.1. The van der Waals surface area contributed by atoms with Crippen molar-refractivity contribution in [2.75, 3.05) is 7.11 Å². The highest BCUT2D eigenvalue weighted by Gasteiger charge is 2.26. The van der Waals surface area contributed by atoms with Crippen molar-refractivity contribution in [1.29, 1.82) is 0 Å². The fourth-order valence-corrected chi connectivity index (χ4v) is 4.14. The summed E-state index contributed by atoms with van der Waals surface area (Å²) in [5.41, 5.74) is 1.95. The maximum absolute atomic E-state index is 12.4. The highest BCUT2D eigenvalue weighted by Crippen LogP contribution is 2.38. The van der Waals surface area contributed by atoms with E-state index in [1.807, 2.05) is 0 Å².